The second kappa shape index (κ2) is 6.89. The van der Waals surface area contributed by atoms with E-state index in [0.717, 1.165) is 11.1 Å². The van der Waals surface area contributed by atoms with Crippen LogP contribution in [-0.2, 0) is 16.6 Å². The second-order valence-electron chi connectivity index (χ2n) is 5.80. The normalized spacial score (nSPS) is 11.8. The molecule has 0 saturated heterocycles. The van der Waals surface area contributed by atoms with E-state index in [0.29, 0.717) is 0 Å². The minimum Gasteiger partial charge on any atom is -0.384 e. The minimum absolute atomic E-state index is 0.0873. The summed E-state index contributed by atoms with van der Waals surface area (Å²) in [6.45, 7) is 5.71. The fraction of sp³-hybridized carbons (Fsp3) is 0.467. The average molecular weight is 295 g/mol. The molecule has 0 atom stereocenters. The third-order valence-corrected chi connectivity index (χ3v) is 4.19. The summed E-state index contributed by atoms with van der Waals surface area (Å²) in [5.74, 6) is 5.44. The Bertz CT molecular complexity index is 604. The van der Waals surface area contributed by atoms with Crippen LogP contribution in [0.15, 0.2) is 24.3 Å². The van der Waals surface area contributed by atoms with Gasteiger partial charge in [0.25, 0.3) is 0 Å². The van der Waals surface area contributed by atoms with Crippen molar-refractivity contribution in [2.75, 3.05) is 12.4 Å². The van der Waals surface area contributed by atoms with Gasteiger partial charge >= 0.3 is 0 Å². The molecule has 0 fully saturated rings. The zero-order valence-electron chi connectivity index (χ0n) is 12.1. The lowest BCUT2D eigenvalue weighted by Crippen LogP contribution is -2.31. The highest BCUT2D eigenvalue weighted by Crippen LogP contribution is 2.15. The quantitative estimate of drug-likeness (QED) is 0.827. The van der Waals surface area contributed by atoms with Crippen LogP contribution < -0.4 is 4.72 Å². The molecule has 0 saturated carbocycles. The fourth-order valence-corrected chi connectivity index (χ4v) is 3.34. The summed E-state index contributed by atoms with van der Waals surface area (Å²) in [6, 6.07) is 7.27. The van der Waals surface area contributed by atoms with Crippen molar-refractivity contribution < 1.29 is 13.5 Å². The predicted octanol–water partition coefficient (Wildman–Crippen LogP) is 1.50. The number of sulfonamides is 1. The Morgan fingerprint density at radius 3 is 2.60 bits per heavy atom. The molecular weight excluding hydrogens is 274 g/mol. The zero-order chi connectivity index (χ0) is 15.2. The van der Waals surface area contributed by atoms with Crippen molar-refractivity contribution >= 4 is 10.0 Å². The van der Waals surface area contributed by atoms with Crippen LogP contribution in [0.2, 0.25) is 0 Å². The highest BCUT2D eigenvalue weighted by molar-refractivity contribution is 7.89. The molecule has 110 valence electrons. The molecule has 4 nitrogen and oxygen atoms in total. The molecule has 0 unspecified atom stereocenters. The van der Waals surface area contributed by atoms with Crippen LogP contribution in [0.3, 0.4) is 0 Å². The Labute approximate surface area is 121 Å². The number of hydrogen-bond donors (Lipinski definition) is 2. The van der Waals surface area contributed by atoms with E-state index in [2.05, 4.69) is 16.6 Å². The van der Waals surface area contributed by atoms with Gasteiger partial charge in [-0.05, 0) is 23.1 Å². The lowest BCUT2D eigenvalue weighted by atomic mass is 10.0. The minimum atomic E-state index is -3.29. The molecule has 0 aliphatic carbocycles. The van der Waals surface area contributed by atoms with Gasteiger partial charge in [-0.2, -0.15) is 0 Å². The van der Waals surface area contributed by atoms with E-state index in [4.69, 9.17) is 5.11 Å². The number of nitrogens with one attached hydrogen (secondary N) is 1. The molecule has 0 aromatic heterocycles. The maximum atomic E-state index is 11.9. The van der Waals surface area contributed by atoms with Crippen molar-refractivity contribution in [1.29, 1.82) is 0 Å². The Morgan fingerprint density at radius 2 is 2.00 bits per heavy atom. The summed E-state index contributed by atoms with van der Waals surface area (Å²) in [4.78, 5) is 0. The highest BCUT2D eigenvalue weighted by atomic mass is 32.2. The lowest BCUT2D eigenvalue weighted by molar-refractivity contribution is 0.350. The summed E-state index contributed by atoms with van der Waals surface area (Å²) in [5.41, 5.74) is 1.32. The molecule has 0 bridgehead atoms. The van der Waals surface area contributed by atoms with Gasteiger partial charge in [0.2, 0.25) is 10.0 Å². The van der Waals surface area contributed by atoms with Crippen molar-refractivity contribution in [3.8, 4) is 11.8 Å². The molecule has 0 spiro atoms. The molecule has 0 aliphatic heterocycles. The SMILES string of the molecule is CC(C)(C)CS(=O)(=O)NCc1cccc(C#CCO)c1. The number of aliphatic hydroxyl groups is 1. The second-order valence-corrected chi connectivity index (χ2v) is 7.61. The van der Waals surface area contributed by atoms with Crippen molar-refractivity contribution in [2.45, 2.75) is 27.3 Å². The summed E-state index contributed by atoms with van der Waals surface area (Å²) in [6.07, 6.45) is 0. The molecule has 1 aromatic rings. The van der Waals surface area contributed by atoms with Crippen LogP contribution >= 0.6 is 0 Å². The van der Waals surface area contributed by atoms with Gasteiger partial charge in [0.15, 0.2) is 0 Å². The molecule has 0 aliphatic rings. The van der Waals surface area contributed by atoms with Crippen molar-refractivity contribution in [3.63, 3.8) is 0 Å². The Kier molecular flexibility index (Phi) is 5.75. The first-order valence-electron chi connectivity index (χ1n) is 6.38. The Hall–Kier alpha value is -1.35. The summed E-state index contributed by atoms with van der Waals surface area (Å²) < 4.78 is 26.4. The summed E-state index contributed by atoms with van der Waals surface area (Å²) >= 11 is 0. The van der Waals surface area contributed by atoms with Gasteiger partial charge in [0.05, 0.1) is 5.75 Å². The molecule has 20 heavy (non-hydrogen) atoms. The van der Waals surface area contributed by atoms with Gasteiger partial charge in [-0.1, -0.05) is 44.7 Å². The maximum Gasteiger partial charge on any atom is 0.212 e. The van der Waals surface area contributed by atoms with Crippen molar-refractivity contribution in [3.05, 3.63) is 35.4 Å². The fourth-order valence-electron chi connectivity index (χ4n) is 1.72. The topological polar surface area (TPSA) is 66.4 Å². The molecule has 0 heterocycles. The van der Waals surface area contributed by atoms with Crippen LogP contribution in [0, 0.1) is 17.3 Å². The number of rotatable bonds is 4. The first-order valence-corrected chi connectivity index (χ1v) is 8.03. The van der Waals surface area contributed by atoms with Crippen LogP contribution in [0.5, 0.6) is 0 Å². The average Bonchev–Trinajstić information content (AvgIpc) is 2.32. The van der Waals surface area contributed by atoms with Crippen molar-refractivity contribution in [1.82, 2.24) is 4.72 Å². The van der Waals surface area contributed by atoms with Gasteiger partial charge in [-0.25, -0.2) is 13.1 Å². The largest absolute Gasteiger partial charge is 0.384 e. The third-order valence-electron chi connectivity index (χ3n) is 2.36. The van der Waals surface area contributed by atoms with E-state index in [9.17, 15) is 8.42 Å². The summed E-state index contributed by atoms with van der Waals surface area (Å²) in [5, 5.41) is 8.65. The lowest BCUT2D eigenvalue weighted by Gasteiger charge is -2.18. The first-order chi connectivity index (χ1) is 9.22. The Balaban J connectivity index is 2.71. The molecule has 1 rings (SSSR count). The highest BCUT2D eigenvalue weighted by Gasteiger charge is 2.20. The first kappa shape index (κ1) is 16.7. The van der Waals surface area contributed by atoms with Crippen LogP contribution in [0.25, 0.3) is 0 Å². The van der Waals surface area contributed by atoms with Gasteiger partial charge in [0, 0.05) is 12.1 Å². The molecule has 1 aromatic carbocycles. The zero-order valence-corrected chi connectivity index (χ0v) is 12.9. The molecular formula is C15H21NO3S. The summed E-state index contributed by atoms with van der Waals surface area (Å²) in [7, 11) is -3.29. The van der Waals surface area contributed by atoms with Gasteiger partial charge in [-0.15, -0.1) is 0 Å². The van der Waals surface area contributed by atoms with E-state index in [1.54, 1.807) is 0 Å². The number of benzene rings is 1. The van der Waals surface area contributed by atoms with Gasteiger partial charge < -0.3 is 5.11 Å². The van der Waals surface area contributed by atoms with E-state index in [1.165, 1.54) is 0 Å². The predicted molar refractivity (Wildman–Crippen MR) is 80.5 cm³/mol. The molecule has 0 amide bonds. The van der Waals surface area contributed by atoms with Crippen LogP contribution in [0.4, 0.5) is 0 Å². The number of aliphatic hydroxyl groups excluding tert-OH is 1. The van der Waals surface area contributed by atoms with Gasteiger partial charge in [0.1, 0.15) is 6.61 Å². The van der Waals surface area contributed by atoms with E-state index in [1.807, 2.05) is 45.0 Å². The maximum absolute atomic E-state index is 11.9. The molecule has 2 N–H and O–H groups in total. The smallest absolute Gasteiger partial charge is 0.212 e. The van der Waals surface area contributed by atoms with E-state index < -0.39 is 10.0 Å². The van der Waals surface area contributed by atoms with Crippen molar-refractivity contribution in [2.24, 2.45) is 5.41 Å². The van der Waals surface area contributed by atoms with Crippen LogP contribution in [0.1, 0.15) is 31.9 Å². The van der Waals surface area contributed by atoms with Crippen LogP contribution in [-0.4, -0.2) is 25.9 Å². The van der Waals surface area contributed by atoms with E-state index in [-0.39, 0.29) is 24.3 Å². The number of hydrogen-bond acceptors (Lipinski definition) is 3. The standard InChI is InChI=1S/C15H21NO3S/c1-15(2,3)12-20(18,19)16-11-14-7-4-6-13(10-14)8-5-9-17/h4,6-7,10,16-17H,9,11-12H2,1-3H3. The molecule has 0 radical (unpaired) electrons. The molecule has 5 heteroatoms. The third kappa shape index (κ3) is 6.71. The Morgan fingerprint density at radius 1 is 1.30 bits per heavy atom. The van der Waals surface area contributed by atoms with E-state index >= 15 is 0 Å². The monoisotopic (exact) mass is 295 g/mol. The van der Waals surface area contributed by atoms with Gasteiger partial charge in [-0.3, -0.25) is 0 Å².